The maximum Gasteiger partial charge on any atom is 0.119 e. The molecule has 1 unspecified atom stereocenters. The zero-order valence-corrected chi connectivity index (χ0v) is 13.3. The van der Waals surface area contributed by atoms with E-state index < -0.39 is 0 Å². The number of phenols is 1. The predicted octanol–water partition coefficient (Wildman–Crippen LogP) is 4.40. The SMILES string of the molecule is CC(C)c1ccc(C(CO)c2cc(Br)ccc2O)cc1. The van der Waals surface area contributed by atoms with Gasteiger partial charge in [-0.25, -0.2) is 0 Å². The van der Waals surface area contributed by atoms with E-state index in [-0.39, 0.29) is 18.3 Å². The highest BCUT2D eigenvalue weighted by molar-refractivity contribution is 9.10. The fourth-order valence-electron chi connectivity index (χ4n) is 2.30. The number of benzene rings is 2. The molecule has 106 valence electrons. The third-order valence-electron chi connectivity index (χ3n) is 3.55. The monoisotopic (exact) mass is 334 g/mol. The Bertz CT molecular complexity index is 576. The van der Waals surface area contributed by atoms with Crippen LogP contribution in [0.4, 0.5) is 0 Å². The smallest absolute Gasteiger partial charge is 0.119 e. The fourth-order valence-corrected chi connectivity index (χ4v) is 2.68. The molecule has 0 amide bonds. The number of aliphatic hydroxyl groups is 1. The van der Waals surface area contributed by atoms with Crippen LogP contribution >= 0.6 is 15.9 Å². The summed E-state index contributed by atoms with van der Waals surface area (Å²) in [5.41, 5.74) is 3.01. The topological polar surface area (TPSA) is 40.5 Å². The van der Waals surface area contributed by atoms with E-state index in [2.05, 4.69) is 41.9 Å². The van der Waals surface area contributed by atoms with E-state index in [1.54, 1.807) is 12.1 Å². The van der Waals surface area contributed by atoms with E-state index in [4.69, 9.17) is 0 Å². The molecule has 0 radical (unpaired) electrons. The molecule has 0 fully saturated rings. The first-order valence-electron chi connectivity index (χ1n) is 6.72. The highest BCUT2D eigenvalue weighted by Gasteiger charge is 2.17. The molecule has 0 saturated heterocycles. The maximum atomic E-state index is 10.0. The van der Waals surface area contributed by atoms with Crippen LogP contribution in [0.25, 0.3) is 0 Å². The number of hydrogen-bond acceptors (Lipinski definition) is 2. The van der Waals surface area contributed by atoms with Crippen LogP contribution in [0.5, 0.6) is 5.75 Å². The second-order valence-electron chi connectivity index (χ2n) is 5.26. The van der Waals surface area contributed by atoms with Crippen LogP contribution in [0.3, 0.4) is 0 Å². The van der Waals surface area contributed by atoms with Gasteiger partial charge >= 0.3 is 0 Å². The maximum absolute atomic E-state index is 10.0. The molecule has 2 nitrogen and oxygen atoms in total. The Morgan fingerprint density at radius 2 is 1.60 bits per heavy atom. The molecule has 1 atom stereocenters. The van der Waals surface area contributed by atoms with Gasteiger partial charge in [0.05, 0.1) is 6.61 Å². The minimum Gasteiger partial charge on any atom is -0.508 e. The second-order valence-corrected chi connectivity index (χ2v) is 6.18. The molecule has 0 aliphatic heterocycles. The summed E-state index contributed by atoms with van der Waals surface area (Å²) in [6, 6.07) is 13.5. The Hall–Kier alpha value is -1.32. The molecular weight excluding hydrogens is 316 g/mol. The van der Waals surface area contributed by atoms with E-state index in [1.165, 1.54) is 5.56 Å². The average Bonchev–Trinajstić information content (AvgIpc) is 2.44. The first kappa shape index (κ1) is 15.1. The summed E-state index contributed by atoms with van der Waals surface area (Å²) in [7, 11) is 0. The highest BCUT2D eigenvalue weighted by Crippen LogP contribution is 2.33. The number of rotatable bonds is 4. The van der Waals surface area contributed by atoms with Crippen molar-refractivity contribution in [3.05, 3.63) is 63.6 Å². The Morgan fingerprint density at radius 3 is 2.15 bits per heavy atom. The standard InChI is InChI=1S/C17H19BrO2/c1-11(2)12-3-5-13(6-4-12)16(10-19)15-9-14(18)7-8-17(15)20/h3-9,11,16,19-20H,10H2,1-2H3. The Kier molecular flexibility index (Phi) is 4.84. The van der Waals surface area contributed by atoms with Crippen LogP contribution in [0.2, 0.25) is 0 Å². The molecule has 3 heteroatoms. The van der Waals surface area contributed by atoms with Crippen molar-refractivity contribution >= 4 is 15.9 Å². The highest BCUT2D eigenvalue weighted by atomic mass is 79.9. The lowest BCUT2D eigenvalue weighted by atomic mass is 9.90. The quantitative estimate of drug-likeness (QED) is 0.869. The molecule has 2 N–H and O–H groups in total. The van der Waals surface area contributed by atoms with Crippen LogP contribution < -0.4 is 0 Å². The van der Waals surface area contributed by atoms with Crippen molar-refractivity contribution in [1.29, 1.82) is 0 Å². The van der Waals surface area contributed by atoms with Crippen LogP contribution in [0.1, 0.15) is 42.4 Å². The summed E-state index contributed by atoms with van der Waals surface area (Å²) in [6.07, 6.45) is 0. The summed E-state index contributed by atoms with van der Waals surface area (Å²) in [5.74, 6) is 0.477. The van der Waals surface area contributed by atoms with Gasteiger partial charge in [0.15, 0.2) is 0 Å². The van der Waals surface area contributed by atoms with Gasteiger partial charge in [0.2, 0.25) is 0 Å². The van der Waals surface area contributed by atoms with Gasteiger partial charge in [0.25, 0.3) is 0 Å². The van der Waals surface area contributed by atoms with Crippen LogP contribution in [-0.4, -0.2) is 16.8 Å². The zero-order chi connectivity index (χ0) is 14.7. The molecule has 0 aromatic heterocycles. The van der Waals surface area contributed by atoms with Gasteiger partial charge in [0, 0.05) is 16.0 Å². The molecule has 20 heavy (non-hydrogen) atoms. The molecule has 0 saturated carbocycles. The molecule has 0 spiro atoms. The van der Waals surface area contributed by atoms with Crippen molar-refractivity contribution < 1.29 is 10.2 Å². The molecule has 2 aromatic carbocycles. The van der Waals surface area contributed by atoms with E-state index in [1.807, 2.05) is 18.2 Å². The minimum absolute atomic E-state index is 0.0367. The first-order valence-corrected chi connectivity index (χ1v) is 7.51. The van der Waals surface area contributed by atoms with Gasteiger partial charge in [-0.1, -0.05) is 54.0 Å². The second kappa shape index (κ2) is 6.42. The van der Waals surface area contributed by atoms with Crippen molar-refractivity contribution in [2.45, 2.75) is 25.7 Å². The van der Waals surface area contributed by atoms with Crippen LogP contribution in [0.15, 0.2) is 46.9 Å². The Labute approximate surface area is 128 Å². The lowest BCUT2D eigenvalue weighted by Gasteiger charge is -2.18. The summed E-state index contributed by atoms with van der Waals surface area (Å²) in [5, 5.41) is 19.7. The number of hydrogen-bond donors (Lipinski definition) is 2. The lowest BCUT2D eigenvalue weighted by molar-refractivity contribution is 0.278. The van der Waals surface area contributed by atoms with Gasteiger partial charge in [-0.15, -0.1) is 0 Å². The van der Waals surface area contributed by atoms with Crippen LogP contribution in [-0.2, 0) is 0 Å². The molecular formula is C17H19BrO2. The Balaban J connectivity index is 2.39. The molecule has 0 heterocycles. The number of halogens is 1. The first-order chi connectivity index (χ1) is 9.52. The van der Waals surface area contributed by atoms with E-state index in [9.17, 15) is 10.2 Å². The molecule has 2 aromatic rings. The number of phenolic OH excluding ortho intramolecular Hbond substituents is 1. The van der Waals surface area contributed by atoms with Gasteiger partial charge < -0.3 is 10.2 Å². The Morgan fingerprint density at radius 1 is 1.00 bits per heavy atom. The molecule has 0 aliphatic carbocycles. The average molecular weight is 335 g/mol. The summed E-state index contributed by atoms with van der Waals surface area (Å²) in [4.78, 5) is 0. The minimum atomic E-state index is -0.214. The number of aliphatic hydroxyl groups excluding tert-OH is 1. The third kappa shape index (κ3) is 3.22. The van der Waals surface area contributed by atoms with Crippen molar-refractivity contribution in [1.82, 2.24) is 0 Å². The van der Waals surface area contributed by atoms with Crippen molar-refractivity contribution in [2.24, 2.45) is 0 Å². The van der Waals surface area contributed by atoms with Crippen molar-refractivity contribution in [3.63, 3.8) is 0 Å². The van der Waals surface area contributed by atoms with Gasteiger partial charge in [-0.05, 0) is 35.2 Å². The lowest BCUT2D eigenvalue weighted by Crippen LogP contribution is -2.06. The van der Waals surface area contributed by atoms with E-state index >= 15 is 0 Å². The van der Waals surface area contributed by atoms with Crippen molar-refractivity contribution in [3.8, 4) is 5.75 Å². The van der Waals surface area contributed by atoms with E-state index in [0.717, 1.165) is 15.6 Å². The van der Waals surface area contributed by atoms with E-state index in [0.29, 0.717) is 5.92 Å². The summed E-state index contributed by atoms with van der Waals surface area (Å²) in [6.45, 7) is 4.27. The fraction of sp³-hybridized carbons (Fsp3) is 0.294. The van der Waals surface area contributed by atoms with Crippen LogP contribution in [0, 0.1) is 0 Å². The van der Waals surface area contributed by atoms with Gasteiger partial charge in [-0.2, -0.15) is 0 Å². The normalized spacial score (nSPS) is 12.7. The van der Waals surface area contributed by atoms with Gasteiger partial charge in [0.1, 0.15) is 5.75 Å². The van der Waals surface area contributed by atoms with Gasteiger partial charge in [-0.3, -0.25) is 0 Å². The summed E-state index contributed by atoms with van der Waals surface area (Å²) < 4.78 is 0.891. The summed E-state index contributed by atoms with van der Waals surface area (Å²) >= 11 is 3.40. The van der Waals surface area contributed by atoms with Crippen molar-refractivity contribution in [2.75, 3.05) is 6.61 Å². The third-order valence-corrected chi connectivity index (χ3v) is 4.05. The molecule has 2 rings (SSSR count). The number of aromatic hydroxyl groups is 1. The molecule has 0 aliphatic rings. The zero-order valence-electron chi connectivity index (χ0n) is 11.7. The predicted molar refractivity (Wildman–Crippen MR) is 85.3 cm³/mol. The largest absolute Gasteiger partial charge is 0.508 e. The molecule has 0 bridgehead atoms.